The highest BCUT2D eigenvalue weighted by Gasteiger charge is 2.25. The fourth-order valence-electron chi connectivity index (χ4n) is 3.78. The molecule has 10 heteroatoms. The number of carbonyl (C=O) groups excluding carboxylic acids is 1. The molecule has 0 saturated carbocycles. The first-order valence-electron chi connectivity index (χ1n) is 10.9. The zero-order chi connectivity index (χ0) is 22.6. The van der Waals surface area contributed by atoms with E-state index in [-0.39, 0.29) is 17.8 Å². The van der Waals surface area contributed by atoms with Crippen LogP contribution in [0.2, 0.25) is 25.7 Å². The number of hydrogen-bond acceptors (Lipinski definition) is 7. The molecule has 0 spiro atoms. The molecule has 3 rings (SSSR count). The van der Waals surface area contributed by atoms with E-state index >= 15 is 0 Å². The largest absolute Gasteiger partial charge is 0.465 e. The molecule has 1 N–H and O–H groups in total. The van der Waals surface area contributed by atoms with E-state index in [2.05, 4.69) is 34.5 Å². The number of imidazole rings is 1. The van der Waals surface area contributed by atoms with Crippen LogP contribution in [0.1, 0.15) is 23.2 Å². The van der Waals surface area contributed by atoms with E-state index in [4.69, 9.17) is 9.47 Å². The Labute approximate surface area is 184 Å². The van der Waals surface area contributed by atoms with E-state index in [1.807, 2.05) is 11.9 Å². The fraction of sp³-hybridized carbons (Fsp3) is 0.667. The number of fused-ring (bicyclic) bond motifs is 1. The van der Waals surface area contributed by atoms with E-state index in [1.54, 1.807) is 10.9 Å². The molecule has 0 aromatic carbocycles. The van der Waals surface area contributed by atoms with Gasteiger partial charge in [0.2, 0.25) is 0 Å². The number of aromatic amines is 1. The summed E-state index contributed by atoms with van der Waals surface area (Å²) >= 11 is 0. The van der Waals surface area contributed by atoms with E-state index in [1.165, 1.54) is 20.0 Å². The van der Waals surface area contributed by atoms with Crippen molar-refractivity contribution in [1.29, 1.82) is 0 Å². The number of H-pyrrole nitrogens is 1. The third-order valence-electron chi connectivity index (χ3n) is 5.71. The molecule has 1 aliphatic rings. The lowest BCUT2D eigenvalue weighted by molar-refractivity contribution is 0.0601. The summed E-state index contributed by atoms with van der Waals surface area (Å²) in [6.45, 7) is 11.5. The van der Waals surface area contributed by atoms with Crippen molar-refractivity contribution < 1.29 is 14.3 Å². The molecule has 0 atom stereocenters. The third-order valence-corrected chi connectivity index (χ3v) is 7.41. The standard InChI is InChI=1S/C21H35N5O4Si/c1-24(10-11-25-8-6-7-9-25)19-16(21(28)29-2)18-17(20(27)23-19)22-14-26(18)15-30-12-13-31(3,4)5/h14H,6-13,15H2,1-5H3,(H,23,27). The monoisotopic (exact) mass is 449 g/mol. The van der Waals surface area contributed by atoms with Gasteiger partial charge in [-0.1, -0.05) is 19.6 Å². The van der Waals surface area contributed by atoms with Gasteiger partial charge in [0.15, 0.2) is 5.52 Å². The average Bonchev–Trinajstić information content (AvgIpc) is 3.38. The van der Waals surface area contributed by atoms with E-state index in [0.717, 1.165) is 25.7 Å². The maximum absolute atomic E-state index is 12.8. The lowest BCUT2D eigenvalue weighted by Gasteiger charge is -2.24. The number of esters is 1. The van der Waals surface area contributed by atoms with E-state index < -0.39 is 14.0 Å². The van der Waals surface area contributed by atoms with Gasteiger partial charge in [-0.25, -0.2) is 9.78 Å². The van der Waals surface area contributed by atoms with Crippen LogP contribution in [-0.4, -0.2) is 80.4 Å². The highest BCUT2D eigenvalue weighted by atomic mass is 28.3. The lowest BCUT2D eigenvalue weighted by atomic mass is 10.2. The van der Waals surface area contributed by atoms with Crippen LogP contribution in [-0.2, 0) is 16.2 Å². The molecule has 2 aromatic heterocycles. The first-order valence-corrected chi connectivity index (χ1v) is 14.6. The van der Waals surface area contributed by atoms with Gasteiger partial charge in [-0.3, -0.25) is 4.79 Å². The second-order valence-corrected chi connectivity index (χ2v) is 15.0. The molecule has 3 heterocycles. The Bertz CT molecular complexity index is 959. The fourth-order valence-corrected chi connectivity index (χ4v) is 4.54. The lowest BCUT2D eigenvalue weighted by Crippen LogP contribution is -2.34. The zero-order valence-corrected chi connectivity index (χ0v) is 20.4. The van der Waals surface area contributed by atoms with Crippen LogP contribution >= 0.6 is 0 Å². The number of nitrogens with one attached hydrogen (secondary N) is 1. The van der Waals surface area contributed by atoms with Gasteiger partial charge in [-0.2, -0.15) is 0 Å². The number of pyridine rings is 1. The number of carbonyl (C=O) groups is 1. The third kappa shape index (κ3) is 5.75. The molecule has 0 amide bonds. The van der Waals surface area contributed by atoms with Crippen LogP contribution in [0.25, 0.3) is 11.0 Å². The highest BCUT2D eigenvalue weighted by Crippen LogP contribution is 2.25. The quantitative estimate of drug-likeness (QED) is 0.338. The second kappa shape index (κ2) is 9.97. The van der Waals surface area contributed by atoms with Gasteiger partial charge in [-0.15, -0.1) is 0 Å². The molecule has 0 bridgehead atoms. The molecule has 1 aliphatic heterocycles. The molecule has 2 aromatic rings. The highest BCUT2D eigenvalue weighted by molar-refractivity contribution is 6.76. The maximum atomic E-state index is 12.8. The Morgan fingerprint density at radius 3 is 2.65 bits per heavy atom. The molecule has 9 nitrogen and oxygen atoms in total. The van der Waals surface area contributed by atoms with Crippen LogP contribution in [0.5, 0.6) is 0 Å². The minimum absolute atomic E-state index is 0.214. The summed E-state index contributed by atoms with van der Waals surface area (Å²) < 4.78 is 12.7. The Morgan fingerprint density at radius 2 is 2.00 bits per heavy atom. The van der Waals surface area contributed by atoms with Crippen molar-refractivity contribution in [3.05, 3.63) is 22.2 Å². The summed E-state index contributed by atoms with van der Waals surface area (Å²) in [5, 5.41) is 0. The van der Waals surface area contributed by atoms with Gasteiger partial charge in [0.05, 0.1) is 19.0 Å². The number of methoxy groups -OCH3 is 1. The Hall–Kier alpha value is -2.17. The van der Waals surface area contributed by atoms with Crippen molar-refractivity contribution in [2.45, 2.75) is 45.3 Å². The van der Waals surface area contributed by atoms with Gasteiger partial charge in [0.25, 0.3) is 5.56 Å². The number of aromatic nitrogens is 3. The molecular weight excluding hydrogens is 414 g/mol. The molecule has 0 radical (unpaired) electrons. The number of anilines is 1. The Balaban J connectivity index is 1.90. The van der Waals surface area contributed by atoms with Crippen molar-refractivity contribution >= 4 is 30.9 Å². The van der Waals surface area contributed by atoms with Crippen LogP contribution in [0, 0.1) is 0 Å². The first kappa shape index (κ1) is 23.5. The molecule has 1 fully saturated rings. The molecular formula is C21H35N5O4Si. The summed E-state index contributed by atoms with van der Waals surface area (Å²) in [4.78, 5) is 36.9. The molecule has 0 aliphatic carbocycles. The number of hydrogen-bond donors (Lipinski definition) is 1. The minimum Gasteiger partial charge on any atom is -0.465 e. The smallest absolute Gasteiger partial charge is 0.343 e. The Kier molecular flexibility index (Phi) is 7.55. The van der Waals surface area contributed by atoms with Gasteiger partial charge in [-0.05, 0) is 32.0 Å². The summed E-state index contributed by atoms with van der Waals surface area (Å²) in [6.07, 6.45) is 3.99. The van der Waals surface area contributed by atoms with E-state index in [0.29, 0.717) is 30.0 Å². The van der Waals surface area contributed by atoms with Crippen molar-refractivity contribution in [2.75, 3.05) is 51.8 Å². The number of likely N-dealkylation sites (tertiary alicyclic amines) is 1. The predicted octanol–water partition coefficient (Wildman–Crippen LogP) is 2.36. The number of likely N-dealkylation sites (N-methyl/N-ethyl adjacent to an activating group) is 1. The molecule has 0 unspecified atom stereocenters. The molecule has 172 valence electrons. The predicted molar refractivity (Wildman–Crippen MR) is 125 cm³/mol. The van der Waals surface area contributed by atoms with Crippen LogP contribution < -0.4 is 10.5 Å². The van der Waals surface area contributed by atoms with Gasteiger partial charge in [0.1, 0.15) is 18.1 Å². The number of rotatable bonds is 10. The summed E-state index contributed by atoms with van der Waals surface area (Å²) in [5.41, 5.74) is 0.649. The SMILES string of the molecule is COC(=O)c1c(N(C)CCN2CCCC2)[nH]c(=O)c2ncn(COCC[Si](C)(C)C)c12. The van der Waals surface area contributed by atoms with Gasteiger partial charge < -0.3 is 28.8 Å². The summed E-state index contributed by atoms with van der Waals surface area (Å²) in [6, 6.07) is 1.04. The van der Waals surface area contributed by atoms with Gasteiger partial charge >= 0.3 is 5.97 Å². The van der Waals surface area contributed by atoms with Crippen LogP contribution in [0.4, 0.5) is 5.82 Å². The average molecular weight is 450 g/mol. The normalized spacial score (nSPS) is 15.0. The number of nitrogens with zero attached hydrogens (tertiary/aromatic N) is 4. The topological polar surface area (TPSA) is 92.7 Å². The summed E-state index contributed by atoms with van der Waals surface area (Å²) in [7, 11) is 2.01. The van der Waals surface area contributed by atoms with Crippen LogP contribution in [0.3, 0.4) is 0 Å². The van der Waals surface area contributed by atoms with Crippen molar-refractivity contribution in [3.63, 3.8) is 0 Å². The van der Waals surface area contributed by atoms with Gasteiger partial charge in [0, 0.05) is 34.8 Å². The maximum Gasteiger partial charge on any atom is 0.343 e. The van der Waals surface area contributed by atoms with Crippen molar-refractivity contribution in [1.82, 2.24) is 19.4 Å². The van der Waals surface area contributed by atoms with Crippen molar-refractivity contribution in [2.24, 2.45) is 0 Å². The number of ether oxygens (including phenoxy) is 2. The van der Waals surface area contributed by atoms with Crippen LogP contribution in [0.15, 0.2) is 11.1 Å². The summed E-state index contributed by atoms with van der Waals surface area (Å²) in [5.74, 6) is -0.0551. The van der Waals surface area contributed by atoms with E-state index in [9.17, 15) is 9.59 Å². The molecule has 1 saturated heterocycles. The van der Waals surface area contributed by atoms with Crippen molar-refractivity contribution in [3.8, 4) is 0 Å². The second-order valence-electron chi connectivity index (χ2n) is 9.40. The minimum atomic E-state index is -1.21. The zero-order valence-electron chi connectivity index (χ0n) is 19.4. The molecule has 31 heavy (non-hydrogen) atoms. The first-order chi connectivity index (χ1) is 14.7. The Morgan fingerprint density at radius 1 is 1.29 bits per heavy atom.